The fraction of sp³-hybridized carbons (Fsp3) is 0.111. The molecular formula is C18H14F2N4O2. The van der Waals surface area contributed by atoms with E-state index in [2.05, 4.69) is 20.0 Å². The van der Waals surface area contributed by atoms with Gasteiger partial charge in [-0.15, -0.1) is 0 Å². The minimum atomic E-state index is -2.88. The average molecular weight is 356 g/mol. The second kappa shape index (κ2) is 6.14. The van der Waals surface area contributed by atoms with Crippen LogP contribution >= 0.6 is 0 Å². The Labute approximate surface area is 146 Å². The van der Waals surface area contributed by atoms with Gasteiger partial charge in [0.05, 0.1) is 10.9 Å². The minimum absolute atomic E-state index is 0.0576. The minimum Gasteiger partial charge on any atom is -0.435 e. The van der Waals surface area contributed by atoms with Crippen molar-refractivity contribution in [2.45, 2.75) is 6.61 Å². The fourth-order valence-electron chi connectivity index (χ4n) is 2.99. The number of hydrogen-bond donors (Lipinski definition) is 2. The summed E-state index contributed by atoms with van der Waals surface area (Å²) in [6.45, 7) is -2.88. The van der Waals surface area contributed by atoms with E-state index in [1.165, 1.54) is 12.1 Å². The number of benzene rings is 1. The Kier molecular flexibility index (Phi) is 3.80. The molecule has 132 valence electrons. The highest BCUT2D eigenvalue weighted by Gasteiger charge is 2.13. The predicted octanol–water partition coefficient (Wildman–Crippen LogP) is 3.76. The van der Waals surface area contributed by atoms with Crippen molar-refractivity contribution in [1.82, 2.24) is 14.5 Å². The molecule has 0 aliphatic rings. The number of nitrogens with zero attached hydrogens (tertiary/aromatic N) is 2. The number of aromatic amines is 1. The molecule has 3 heterocycles. The lowest BCUT2D eigenvalue weighted by Gasteiger charge is -2.09. The molecule has 0 aliphatic carbocycles. The summed E-state index contributed by atoms with van der Waals surface area (Å²) < 4.78 is 30.9. The van der Waals surface area contributed by atoms with Crippen LogP contribution in [0.5, 0.6) is 5.75 Å². The van der Waals surface area contributed by atoms with E-state index >= 15 is 0 Å². The summed E-state index contributed by atoms with van der Waals surface area (Å²) in [5, 5.41) is 4.38. The van der Waals surface area contributed by atoms with Crippen molar-refractivity contribution in [2.24, 2.45) is 7.05 Å². The van der Waals surface area contributed by atoms with E-state index < -0.39 is 6.61 Å². The van der Waals surface area contributed by atoms with Crippen LogP contribution in [-0.4, -0.2) is 21.1 Å². The molecule has 0 bridgehead atoms. The Hall–Kier alpha value is -3.42. The first kappa shape index (κ1) is 16.1. The van der Waals surface area contributed by atoms with E-state index in [9.17, 15) is 13.6 Å². The van der Waals surface area contributed by atoms with E-state index in [-0.39, 0.29) is 11.3 Å². The van der Waals surface area contributed by atoms with Gasteiger partial charge in [0.1, 0.15) is 17.2 Å². The number of rotatable bonds is 4. The summed E-state index contributed by atoms with van der Waals surface area (Å²) in [5.74, 6) is 0.580. The van der Waals surface area contributed by atoms with Crippen molar-refractivity contribution in [1.29, 1.82) is 0 Å². The van der Waals surface area contributed by atoms with E-state index in [1.807, 2.05) is 23.7 Å². The van der Waals surface area contributed by atoms with Gasteiger partial charge in [-0.2, -0.15) is 8.78 Å². The van der Waals surface area contributed by atoms with Crippen molar-refractivity contribution >= 4 is 33.4 Å². The highest BCUT2D eigenvalue weighted by atomic mass is 19.3. The lowest BCUT2D eigenvalue weighted by molar-refractivity contribution is -0.0497. The largest absolute Gasteiger partial charge is 0.435 e. The van der Waals surface area contributed by atoms with Crippen molar-refractivity contribution < 1.29 is 13.5 Å². The standard InChI is InChI=1S/C18H14F2N4O2/c1-24-13-7-8-21-17(25)15(13)12-5-6-14(23-16(12)24)22-10-3-2-4-11(9-10)26-18(19)20/h2-9,18H,1H3,(H,21,25)(H,22,23). The number of pyridine rings is 2. The van der Waals surface area contributed by atoms with E-state index in [4.69, 9.17) is 0 Å². The summed E-state index contributed by atoms with van der Waals surface area (Å²) >= 11 is 0. The highest BCUT2D eigenvalue weighted by Crippen LogP contribution is 2.27. The molecule has 0 saturated carbocycles. The molecule has 0 radical (unpaired) electrons. The van der Waals surface area contributed by atoms with Gasteiger partial charge in [-0.1, -0.05) is 6.07 Å². The van der Waals surface area contributed by atoms with Gasteiger partial charge < -0.3 is 19.6 Å². The Balaban J connectivity index is 1.75. The van der Waals surface area contributed by atoms with Crippen LogP contribution < -0.4 is 15.6 Å². The number of halogens is 2. The molecule has 0 unspecified atom stereocenters. The van der Waals surface area contributed by atoms with Gasteiger partial charge in [-0.3, -0.25) is 4.79 Å². The van der Waals surface area contributed by atoms with Gasteiger partial charge in [0.25, 0.3) is 5.56 Å². The van der Waals surface area contributed by atoms with Crippen LogP contribution in [0, 0.1) is 0 Å². The quantitative estimate of drug-likeness (QED) is 0.584. The topological polar surface area (TPSA) is 71.9 Å². The summed E-state index contributed by atoms with van der Waals surface area (Å²) in [7, 11) is 1.83. The molecule has 4 aromatic rings. The maximum atomic E-state index is 12.3. The van der Waals surface area contributed by atoms with Crippen LogP contribution in [0.25, 0.3) is 21.9 Å². The molecule has 0 aliphatic heterocycles. The second-order valence-electron chi connectivity index (χ2n) is 5.73. The van der Waals surface area contributed by atoms with Crippen molar-refractivity contribution in [2.75, 3.05) is 5.32 Å². The van der Waals surface area contributed by atoms with Gasteiger partial charge in [0.2, 0.25) is 0 Å². The molecule has 0 atom stereocenters. The molecular weight excluding hydrogens is 342 g/mol. The molecule has 0 saturated heterocycles. The molecule has 26 heavy (non-hydrogen) atoms. The predicted molar refractivity (Wildman–Crippen MR) is 95.2 cm³/mol. The number of fused-ring (bicyclic) bond motifs is 3. The number of anilines is 2. The van der Waals surface area contributed by atoms with Crippen LogP contribution in [0.3, 0.4) is 0 Å². The Morgan fingerprint density at radius 3 is 2.88 bits per heavy atom. The lowest BCUT2D eigenvalue weighted by atomic mass is 10.2. The van der Waals surface area contributed by atoms with E-state index in [0.717, 1.165) is 10.9 Å². The maximum Gasteiger partial charge on any atom is 0.387 e. The zero-order valence-corrected chi connectivity index (χ0v) is 13.7. The Morgan fingerprint density at radius 1 is 1.23 bits per heavy atom. The Bertz CT molecular complexity index is 1170. The summed E-state index contributed by atoms with van der Waals surface area (Å²) in [6, 6.07) is 11.6. The van der Waals surface area contributed by atoms with Gasteiger partial charge in [-0.05, 0) is 30.3 Å². The van der Waals surface area contributed by atoms with Crippen LogP contribution in [0.2, 0.25) is 0 Å². The van der Waals surface area contributed by atoms with Gasteiger partial charge in [0.15, 0.2) is 0 Å². The SMILES string of the molecule is Cn1c2cc[nH]c(=O)c2c2ccc(Nc3cccc(OC(F)F)c3)nc21. The molecule has 1 aromatic carbocycles. The number of hydrogen-bond acceptors (Lipinski definition) is 4. The lowest BCUT2D eigenvalue weighted by Crippen LogP contribution is -2.03. The smallest absolute Gasteiger partial charge is 0.387 e. The van der Waals surface area contributed by atoms with Gasteiger partial charge in [-0.25, -0.2) is 4.98 Å². The van der Waals surface area contributed by atoms with Crippen molar-refractivity contribution in [3.63, 3.8) is 0 Å². The number of aryl methyl sites for hydroxylation is 1. The Morgan fingerprint density at radius 2 is 2.08 bits per heavy atom. The number of ether oxygens (including phenoxy) is 1. The van der Waals surface area contributed by atoms with Crippen molar-refractivity contribution in [3.05, 3.63) is 59.0 Å². The van der Waals surface area contributed by atoms with Crippen LogP contribution in [0.15, 0.2) is 53.5 Å². The fourth-order valence-corrected chi connectivity index (χ4v) is 2.99. The third kappa shape index (κ3) is 2.75. The van der Waals surface area contributed by atoms with Gasteiger partial charge in [0, 0.05) is 30.4 Å². The molecule has 8 heteroatoms. The van der Waals surface area contributed by atoms with Crippen LogP contribution in [0.4, 0.5) is 20.3 Å². The third-order valence-electron chi connectivity index (χ3n) is 4.09. The molecule has 4 rings (SSSR count). The second-order valence-corrected chi connectivity index (χ2v) is 5.73. The third-order valence-corrected chi connectivity index (χ3v) is 4.09. The highest BCUT2D eigenvalue weighted by molar-refractivity contribution is 6.06. The number of nitrogens with one attached hydrogen (secondary N) is 2. The van der Waals surface area contributed by atoms with E-state index in [1.54, 1.807) is 24.4 Å². The monoisotopic (exact) mass is 356 g/mol. The molecule has 6 nitrogen and oxygen atoms in total. The average Bonchev–Trinajstić information content (AvgIpc) is 2.88. The number of H-pyrrole nitrogens is 1. The first-order valence-corrected chi connectivity index (χ1v) is 7.81. The summed E-state index contributed by atoms with van der Waals surface area (Å²) in [4.78, 5) is 19.3. The van der Waals surface area contributed by atoms with Crippen molar-refractivity contribution in [3.8, 4) is 5.75 Å². The normalized spacial score (nSPS) is 11.4. The summed E-state index contributed by atoms with van der Waals surface area (Å²) in [5.41, 5.74) is 1.81. The molecule has 0 spiro atoms. The first-order valence-electron chi connectivity index (χ1n) is 7.81. The van der Waals surface area contributed by atoms with Crippen LogP contribution in [0.1, 0.15) is 0 Å². The maximum absolute atomic E-state index is 12.3. The number of aromatic nitrogens is 3. The van der Waals surface area contributed by atoms with E-state index in [0.29, 0.717) is 22.5 Å². The van der Waals surface area contributed by atoms with Crippen LogP contribution in [-0.2, 0) is 7.05 Å². The molecule has 0 amide bonds. The first-order chi connectivity index (χ1) is 12.5. The zero-order chi connectivity index (χ0) is 18.3. The zero-order valence-electron chi connectivity index (χ0n) is 13.7. The number of alkyl halides is 2. The van der Waals surface area contributed by atoms with Gasteiger partial charge >= 0.3 is 6.61 Å². The summed E-state index contributed by atoms with van der Waals surface area (Å²) in [6.07, 6.45) is 1.59. The molecule has 3 aromatic heterocycles. The molecule has 2 N–H and O–H groups in total. The molecule has 0 fully saturated rings.